The number of thioether (sulfide) groups is 1. The van der Waals surface area contributed by atoms with Crippen molar-refractivity contribution in [3.05, 3.63) is 29.8 Å². The lowest BCUT2D eigenvalue weighted by atomic mass is 10.2. The number of hydrogen-bond acceptors (Lipinski definition) is 2. The van der Waals surface area contributed by atoms with Gasteiger partial charge in [0.1, 0.15) is 0 Å². The smallest absolute Gasteiger partial charge is 0.228 e. The minimum Gasteiger partial charge on any atom is -0.300 e. The summed E-state index contributed by atoms with van der Waals surface area (Å²) in [5.41, 5.74) is 2.43. The van der Waals surface area contributed by atoms with Crippen molar-refractivity contribution >= 4 is 23.4 Å². The molecule has 2 nitrogen and oxygen atoms in total. The third-order valence-electron chi connectivity index (χ3n) is 2.84. The Labute approximate surface area is 87.3 Å². The molecule has 1 fully saturated rings. The number of carbonyl (C=O) groups is 1. The van der Waals surface area contributed by atoms with Crippen LogP contribution in [0, 0.1) is 0 Å². The van der Waals surface area contributed by atoms with Crippen molar-refractivity contribution in [2.75, 3.05) is 4.90 Å². The number of nitrogens with zero attached hydrogens (tertiary/aromatic N) is 1. The van der Waals surface area contributed by atoms with Gasteiger partial charge in [-0.05, 0) is 18.1 Å². The highest BCUT2D eigenvalue weighted by molar-refractivity contribution is 7.99. The summed E-state index contributed by atoms with van der Waals surface area (Å²) in [6, 6.07) is 8.23. The van der Waals surface area contributed by atoms with Crippen molar-refractivity contribution in [3.8, 4) is 0 Å². The molecule has 0 saturated carbocycles. The molecule has 0 N–H and O–H groups in total. The molecule has 3 heteroatoms. The van der Waals surface area contributed by atoms with E-state index in [0.29, 0.717) is 11.8 Å². The van der Waals surface area contributed by atoms with Gasteiger partial charge in [0.2, 0.25) is 5.91 Å². The Hall–Kier alpha value is -0.960. The first-order valence-electron chi connectivity index (χ1n) is 4.88. The van der Waals surface area contributed by atoms with Crippen LogP contribution in [-0.2, 0) is 10.5 Å². The molecule has 2 aliphatic rings. The molecule has 2 aliphatic heterocycles. The molecule has 1 aromatic carbocycles. The topological polar surface area (TPSA) is 20.3 Å². The number of fused-ring (bicyclic) bond motifs is 3. The van der Waals surface area contributed by atoms with Gasteiger partial charge in [-0.2, -0.15) is 0 Å². The van der Waals surface area contributed by atoms with Crippen LogP contribution in [0.25, 0.3) is 0 Å². The second kappa shape index (κ2) is 3.02. The molecule has 1 atom stereocenters. The maximum Gasteiger partial charge on any atom is 0.228 e. The van der Waals surface area contributed by atoms with E-state index in [1.54, 1.807) is 0 Å². The zero-order valence-corrected chi connectivity index (χ0v) is 8.59. The van der Waals surface area contributed by atoms with E-state index in [-0.39, 0.29) is 5.91 Å². The molecule has 0 aliphatic carbocycles. The SMILES string of the molecule is O=C1CCC2SCc3ccccc3N12. The highest BCUT2D eigenvalue weighted by atomic mass is 32.2. The Morgan fingerprint density at radius 2 is 2.21 bits per heavy atom. The number of rotatable bonds is 0. The van der Waals surface area contributed by atoms with Crippen LogP contribution >= 0.6 is 11.8 Å². The van der Waals surface area contributed by atoms with Crippen LogP contribution in [0.3, 0.4) is 0 Å². The second-order valence-corrected chi connectivity index (χ2v) is 4.86. The molecular weight excluding hydrogens is 194 g/mol. The Balaban J connectivity index is 2.11. The number of amides is 1. The lowest BCUT2D eigenvalue weighted by Crippen LogP contribution is -2.33. The van der Waals surface area contributed by atoms with E-state index in [1.165, 1.54) is 5.56 Å². The Morgan fingerprint density at radius 3 is 3.14 bits per heavy atom. The van der Waals surface area contributed by atoms with Gasteiger partial charge in [0.15, 0.2) is 0 Å². The summed E-state index contributed by atoms with van der Waals surface area (Å²) < 4.78 is 0. The summed E-state index contributed by atoms with van der Waals surface area (Å²) in [6.07, 6.45) is 1.73. The summed E-state index contributed by atoms with van der Waals surface area (Å²) in [4.78, 5) is 13.7. The molecule has 1 saturated heterocycles. The van der Waals surface area contributed by atoms with Gasteiger partial charge in [-0.1, -0.05) is 18.2 Å². The standard InChI is InChI=1S/C11H11NOS/c13-10-5-6-11-12(10)9-4-2-1-3-8(9)7-14-11/h1-4,11H,5-7H2. The number of anilines is 1. The van der Waals surface area contributed by atoms with E-state index < -0.39 is 0 Å². The number of hydrogen-bond donors (Lipinski definition) is 0. The molecular formula is C11H11NOS. The predicted octanol–water partition coefficient (Wildman–Crippen LogP) is 2.39. The molecule has 1 unspecified atom stereocenters. The summed E-state index contributed by atoms with van der Waals surface area (Å²) in [6.45, 7) is 0. The van der Waals surface area contributed by atoms with E-state index in [0.717, 1.165) is 17.9 Å². The van der Waals surface area contributed by atoms with Crippen LogP contribution in [0.1, 0.15) is 18.4 Å². The molecule has 72 valence electrons. The molecule has 2 heterocycles. The lowest BCUT2D eigenvalue weighted by molar-refractivity contribution is -0.117. The van der Waals surface area contributed by atoms with Gasteiger partial charge in [-0.3, -0.25) is 9.69 Å². The average Bonchev–Trinajstić information content (AvgIpc) is 2.61. The van der Waals surface area contributed by atoms with E-state index in [4.69, 9.17) is 0 Å². The molecule has 3 rings (SSSR count). The minimum absolute atomic E-state index is 0.287. The number of benzene rings is 1. The maximum atomic E-state index is 11.7. The fourth-order valence-electron chi connectivity index (χ4n) is 2.16. The van der Waals surface area contributed by atoms with Crippen molar-refractivity contribution in [2.24, 2.45) is 0 Å². The monoisotopic (exact) mass is 205 g/mol. The van der Waals surface area contributed by atoms with E-state index in [9.17, 15) is 4.79 Å². The molecule has 0 aromatic heterocycles. The van der Waals surface area contributed by atoms with Crippen molar-refractivity contribution in [1.29, 1.82) is 0 Å². The van der Waals surface area contributed by atoms with E-state index in [1.807, 2.05) is 28.8 Å². The van der Waals surface area contributed by atoms with Gasteiger partial charge in [0.25, 0.3) is 0 Å². The first-order chi connectivity index (χ1) is 6.86. The van der Waals surface area contributed by atoms with Gasteiger partial charge in [-0.25, -0.2) is 0 Å². The van der Waals surface area contributed by atoms with Gasteiger partial charge in [-0.15, -0.1) is 11.8 Å². The summed E-state index contributed by atoms with van der Waals surface area (Å²) in [5.74, 6) is 1.33. The van der Waals surface area contributed by atoms with Crippen LogP contribution in [0.5, 0.6) is 0 Å². The molecule has 0 bridgehead atoms. The Kier molecular flexibility index (Phi) is 1.80. The van der Waals surface area contributed by atoms with Gasteiger partial charge in [0, 0.05) is 17.9 Å². The average molecular weight is 205 g/mol. The van der Waals surface area contributed by atoms with E-state index in [2.05, 4.69) is 12.1 Å². The van der Waals surface area contributed by atoms with Crippen LogP contribution in [0.15, 0.2) is 24.3 Å². The third-order valence-corrected chi connectivity index (χ3v) is 4.15. The van der Waals surface area contributed by atoms with Crippen LogP contribution in [0.4, 0.5) is 5.69 Å². The fourth-order valence-corrected chi connectivity index (χ4v) is 3.44. The molecule has 1 aromatic rings. The van der Waals surface area contributed by atoms with Crippen LogP contribution < -0.4 is 4.90 Å². The lowest BCUT2D eigenvalue weighted by Gasteiger charge is -2.31. The minimum atomic E-state index is 0.287. The quantitative estimate of drug-likeness (QED) is 0.648. The zero-order valence-electron chi connectivity index (χ0n) is 7.77. The first-order valence-corrected chi connectivity index (χ1v) is 5.93. The van der Waals surface area contributed by atoms with Crippen LogP contribution in [-0.4, -0.2) is 11.3 Å². The largest absolute Gasteiger partial charge is 0.300 e. The maximum absolute atomic E-state index is 11.7. The molecule has 14 heavy (non-hydrogen) atoms. The van der Waals surface area contributed by atoms with Gasteiger partial charge >= 0.3 is 0 Å². The van der Waals surface area contributed by atoms with Gasteiger partial charge < -0.3 is 0 Å². The van der Waals surface area contributed by atoms with Crippen molar-refractivity contribution in [2.45, 2.75) is 24.0 Å². The van der Waals surface area contributed by atoms with E-state index >= 15 is 0 Å². The van der Waals surface area contributed by atoms with Crippen LogP contribution in [0.2, 0.25) is 0 Å². The molecule has 0 radical (unpaired) electrons. The molecule has 1 amide bonds. The Bertz CT molecular complexity index is 391. The van der Waals surface area contributed by atoms with Crippen molar-refractivity contribution in [1.82, 2.24) is 0 Å². The summed E-state index contributed by atoms with van der Waals surface area (Å²) in [5, 5.41) is 0.400. The number of para-hydroxylation sites is 1. The number of carbonyl (C=O) groups excluding carboxylic acids is 1. The third kappa shape index (κ3) is 1.08. The summed E-state index contributed by atoms with van der Waals surface area (Å²) in [7, 11) is 0. The normalized spacial score (nSPS) is 24.7. The van der Waals surface area contributed by atoms with Gasteiger partial charge in [0.05, 0.1) is 5.37 Å². The first kappa shape index (κ1) is 8.36. The van der Waals surface area contributed by atoms with Crippen molar-refractivity contribution in [3.63, 3.8) is 0 Å². The zero-order chi connectivity index (χ0) is 9.54. The van der Waals surface area contributed by atoms with Crippen molar-refractivity contribution < 1.29 is 4.79 Å². The highest BCUT2D eigenvalue weighted by Gasteiger charge is 2.36. The Morgan fingerprint density at radius 1 is 1.36 bits per heavy atom. The summed E-state index contributed by atoms with van der Waals surface area (Å²) >= 11 is 1.89. The highest BCUT2D eigenvalue weighted by Crippen LogP contribution is 2.41. The fraction of sp³-hybridized carbons (Fsp3) is 0.364. The molecule has 0 spiro atoms. The second-order valence-electron chi connectivity index (χ2n) is 3.70. The predicted molar refractivity (Wildman–Crippen MR) is 58.2 cm³/mol.